The molecule has 98 valence electrons. The van der Waals surface area contributed by atoms with Gasteiger partial charge in [0.25, 0.3) is 0 Å². The molecule has 0 amide bonds. The van der Waals surface area contributed by atoms with Crippen LogP contribution in [0.15, 0.2) is 29.3 Å². The van der Waals surface area contributed by atoms with Crippen LogP contribution in [0.3, 0.4) is 0 Å². The van der Waals surface area contributed by atoms with Gasteiger partial charge in [-0.15, -0.1) is 0 Å². The standard InChI is InChI=1S/C11H16N4O2S/c12-11(13)14-8-9-2-4-10(5-3-9)15-6-1-7-18(15,16)17/h2-5H,1,6-8H2,(H4,12,13,14). The topological polar surface area (TPSA) is 102 Å². The highest BCUT2D eigenvalue weighted by molar-refractivity contribution is 7.93. The number of hydrogen-bond donors (Lipinski definition) is 2. The second kappa shape index (κ2) is 4.85. The Balaban J connectivity index is 2.15. The van der Waals surface area contributed by atoms with Crippen molar-refractivity contribution in [1.29, 1.82) is 0 Å². The van der Waals surface area contributed by atoms with Crippen molar-refractivity contribution in [2.24, 2.45) is 16.5 Å². The molecule has 0 saturated carbocycles. The summed E-state index contributed by atoms with van der Waals surface area (Å²) in [6.45, 7) is 0.949. The molecule has 0 bridgehead atoms. The van der Waals surface area contributed by atoms with Crippen LogP contribution in [0.4, 0.5) is 5.69 Å². The van der Waals surface area contributed by atoms with Gasteiger partial charge in [-0.05, 0) is 24.1 Å². The van der Waals surface area contributed by atoms with Crippen molar-refractivity contribution in [2.75, 3.05) is 16.6 Å². The summed E-state index contributed by atoms with van der Waals surface area (Å²) in [6, 6.07) is 7.21. The lowest BCUT2D eigenvalue weighted by Gasteiger charge is -2.16. The highest BCUT2D eigenvalue weighted by Gasteiger charge is 2.28. The lowest BCUT2D eigenvalue weighted by Crippen LogP contribution is -2.25. The van der Waals surface area contributed by atoms with Crippen LogP contribution in [-0.2, 0) is 16.6 Å². The van der Waals surface area contributed by atoms with E-state index in [1.54, 1.807) is 12.1 Å². The number of hydrogen-bond acceptors (Lipinski definition) is 3. The summed E-state index contributed by atoms with van der Waals surface area (Å²) in [5.41, 5.74) is 12.1. The number of anilines is 1. The van der Waals surface area contributed by atoms with Gasteiger partial charge in [0, 0.05) is 6.54 Å². The summed E-state index contributed by atoms with van der Waals surface area (Å²) >= 11 is 0. The normalized spacial score (nSPS) is 17.7. The fourth-order valence-corrected chi connectivity index (χ4v) is 3.44. The molecule has 6 nitrogen and oxygen atoms in total. The van der Waals surface area contributed by atoms with Gasteiger partial charge in [0.2, 0.25) is 10.0 Å². The molecule has 2 rings (SSSR count). The fraction of sp³-hybridized carbons (Fsp3) is 0.364. The average molecular weight is 268 g/mol. The van der Waals surface area contributed by atoms with Gasteiger partial charge < -0.3 is 11.5 Å². The van der Waals surface area contributed by atoms with Crippen molar-refractivity contribution < 1.29 is 8.42 Å². The quantitative estimate of drug-likeness (QED) is 0.595. The minimum Gasteiger partial charge on any atom is -0.370 e. The Morgan fingerprint density at radius 1 is 1.28 bits per heavy atom. The monoisotopic (exact) mass is 268 g/mol. The zero-order valence-corrected chi connectivity index (χ0v) is 10.7. The van der Waals surface area contributed by atoms with E-state index in [1.807, 2.05) is 12.1 Å². The van der Waals surface area contributed by atoms with Crippen LogP contribution >= 0.6 is 0 Å². The molecule has 1 saturated heterocycles. The Bertz CT molecular complexity index is 547. The molecule has 0 aliphatic carbocycles. The highest BCUT2D eigenvalue weighted by atomic mass is 32.2. The highest BCUT2D eigenvalue weighted by Crippen LogP contribution is 2.24. The number of guanidine groups is 1. The molecule has 0 aromatic heterocycles. The Hall–Kier alpha value is -1.76. The van der Waals surface area contributed by atoms with Gasteiger partial charge in [-0.3, -0.25) is 4.31 Å². The number of nitrogens with two attached hydrogens (primary N) is 2. The van der Waals surface area contributed by atoms with E-state index < -0.39 is 10.0 Å². The molecule has 0 radical (unpaired) electrons. The van der Waals surface area contributed by atoms with Gasteiger partial charge in [0.1, 0.15) is 0 Å². The second-order valence-corrected chi connectivity index (χ2v) is 6.16. The molecule has 7 heteroatoms. The maximum Gasteiger partial charge on any atom is 0.235 e. The SMILES string of the molecule is NC(N)=NCc1ccc(N2CCCS2(=O)=O)cc1. The first kappa shape index (κ1) is 12.7. The molecule has 1 fully saturated rings. The number of benzene rings is 1. The average Bonchev–Trinajstić information content (AvgIpc) is 2.67. The molecule has 18 heavy (non-hydrogen) atoms. The first-order valence-electron chi connectivity index (χ1n) is 5.64. The summed E-state index contributed by atoms with van der Waals surface area (Å²) in [6.07, 6.45) is 0.679. The van der Waals surface area contributed by atoms with Crippen molar-refractivity contribution >= 4 is 21.7 Å². The molecule has 1 aliphatic rings. The molecular weight excluding hydrogens is 252 g/mol. The number of sulfonamides is 1. The van der Waals surface area contributed by atoms with Crippen molar-refractivity contribution in [3.63, 3.8) is 0 Å². The second-order valence-electron chi connectivity index (χ2n) is 4.15. The third-order valence-corrected chi connectivity index (χ3v) is 4.64. The Labute approximate surface area is 106 Å². The van der Waals surface area contributed by atoms with Crippen LogP contribution in [0.25, 0.3) is 0 Å². The lowest BCUT2D eigenvalue weighted by atomic mass is 10.2. The van der Waals surface area contributed by atoms with Crippen LogP contribution in [0.1, 0.15) is 12.0 Å². The van der Waals surface area contributed by atoms with Crippen LogP contribution in [0.5, 0.6) is 0 Å². The molecule has 0 unspecified atom stereocenters. The van der Waals surface area contributed by atoms with Gasteiger partial charge in [-0.2, -0.15) is 0 Å². The molecule has 1 aromatic carbocycles. The number of nitrogens with zero attached hydrogens (tertiary/aromatic N) is 2. The largest absolute Gasteiger partial charge is 0.370 e. The molecule has 1 aliphatic heterocycles. The number of aliphatic imine (C=N–C) groups is 1. The van der Waals surface area contributed by atoms with E-state index in [9.17, 15) is 8.42 Å². The van der Waals surface area contributed by atoms with Gasteiger partial charge in [0.15, 0.2) is 5.96 Å². The van der Waals surface area contributed by atoms with E-state index in [0.717, 1.165) is 5.56 Å². The fourth-order valence-electron chi connectivity index (χ4n) is 1.88. The summed E-state index contributed by atoms with van der Waals surface area (Å²) in [5.74, 6) is 0.268. The van der Waals surface area contributed by atoms with Crippen molar-refractivity contribution in [2.45, 2.75) is 13.0 Å². The lowest BCUT2D eigenvalue weighted by molar-refractivity contribution is 0.599. The third kappa shape index (κ3) is 2.73. The molecule has 0 spiro atoms. The maximum absolute atomic E-state index is 11.7. The number of rotatable bonds is 3. The Morgan fingerprint density at radius 2 is 1.94 bits per heavy atom. The van der Waals surface area contributed by atoms with Gasteiger partial charge in [-0.1, -0.05) is 12.1 Å². The molecular formula is C11H16N4O2S. The Kier molecular flexibility index (Phi) is 3.42. The third-order valence-electron chi connectivity index (χ3n) is 2.77. The predicted molar refractivity (Wildman–Crippen MR) is 71.7 cm³/mol. The van der Waals surface area contributed by atoms with Gasteiger partial charge >= 0.3 is 0 Å². The van der Waals surface area contributed by atoms with E-state index >= 15 is 0 Å². The first-order valence-corrected chi connectivity index (χ1v) is 7.25. The summed E-state index contributed by atoms with van der Waals surface area (Å²) in [5, 5.41) is 0. The summed E-state index contributed by atoms with van der Waals surface area (Å²) < 4.78 is 24.9. The van der Waals surface area contributed by atoms with Crippen LogP contribution in [0.2, 0.25) is 0 Å². The van der Waals surface area contributed by atoms with Crippen LogP contribution in [0, 0.1) is 0 Å². The van der Waals surface area contributed by atoms with E-state index in [2.05, 4.69) is 4.99 Å². The van der Waals surface area contributed by atoms with E-state index in [1.165, 1.54) is 4.31 Å². The zero-order valence-electron chi connectivity index (χ0n) is 9.91. The molecule has 0 atom stereocenters. The molecule has 1 heterocycles. The maximum atomic E-state index is 11.7. The summed E-state index contributed by atoms with van der Waals surface area (Å²) in [7, 11) is -3.11. The molecule has 1 aromatic rings. The Morgan fingerprint density at radius 3 is 2.44 bits per heavy atom. The van der Waals surface area contributed by atoms with E-state index in [4.69, 9.17) is 11.5 Å². The minimum absolute atomic E-state index is 0.0428. The minimum atomic E-state index is -3.11. The van der Waals surface area contributed by atoms with E-state index in [-0.39, 0.29) is 11.7 Å². The van der Waals surface area contributed by atoms with Gasteiger partial charge in [-0.25, -0.2) is 13.4 Å². The van der Waals surface area contributed by atoms with Crippen LogP contribution in [-0.4, -0.2) is 26.7 Å². The summed E-state index contributed by atoms with van der Waals surface area (Å²) in [4.78, 5) is 3.89. The van der Waals surface area contributed by atoms with Gasteiger partial charge in [0.05, 0.1) is 18.0 Å². The van der Waals surface area contributed by atoms with E-state index in [0.29, 0.717) is 25.2 Å². The zero-order chi connectivity index (χ0) is 13.2. The first-order chi connectivity index (χ1) is 8.49. The molecule has 4 N–H and O–H groups in total. The smallest absolute Gasteiger partial charge is 0.235 e. The predicted octanol–water partition coefficient (Wildman–Crippen LogP) is -0.0001000. The van der Waals surface area contributed by atoms with Crippen molar-refractivity contribution in [1.82, 2.24) is 0 Å². The van der Waals surface area contributed by atoms with Crippen molar-refractivity contribution in [3.05, 3.63) is 29.8 Å². The van der Waals surface area contributed by atoms with Crippen LogP contribution < -0.4 is 15.8 Å². The van der Waals surface area contributed by atoms with Crippen molar-refractivity contribution in [3.8, 4) is 0 Å².